The Morgan fingerprint density at radius 2 is 1.68 bits per heavy atom. The molecule has 10 nitrogen and oxygen atoms in total. The molecule has 2 aromatic carbocycles. The Morgan fingerprint density at radius 3 is 2.33 bits per heavy atom. The van der Waals surface area contributed by atoms with Gasteiger partial charge in [0, 0.05) is 37.5 Å². The zero-order valence-corrected chi connectivity index (χ0v) is 23.9. The lowest BCUT2D eigenvalue weighted by atomic mass is 9.82. The molecule has 0 radical (unpaired) electrons. The standard InChI is InChI=1S/C30H38N4O6/c1-6-34-29(36)33-19-20-16-22(38-3)18-26(40-5)23(20)8-7-9-27(33)30(34)12-14-32(15-13-30)28(35)31-24-17-21(37-2)10-11-25(24)39-4/h9-11,16-18H,6-8,12-15,19H2,1-5H3,(H,31,35)/b27-9-. The minimum Gasteiger partial charge on any atom is -0.497 e. The van der Waals surface area contributed by atoms with Crippen molar-refractivity contribution in [2.45, 2.75) is 44.7 Å². The summed E-state index contributed by atoms with van der Waals surface area (Å²) >= 11 is 0. The Morgan fingerprint density at radius 1 is 0.950 bits per heavy atom. The van der Waals surface area contributed by atoms with Crippen LogP contribution >= 0.6 is 0 Å². The summed E-state index contributed by atoms with van der Waals surface area (Å²) in [5.41, 5.74) is 3.29. The van der Waals surface area contributed by atoms with Gasteiger partial charge >= 0.3 is 12.1 Å². The van der Waals surface area contributed by atoms with Crippen molar-refractivity contribution < 1.29 is 28.5 Å². The van der Waals surface area contributed by atoms with Crippen molar-refractivity contribution in [2.75, 3.05) is 53.4 Å². The lowest BCUT2D eigenvalue weighted by Crippen LogP contribution is -2.55. The molecule has 2 aromatic rings. The van der Waals surface area contributed by atoms with Crippen molar-refractivity contribution in [3.8, 4) is 23.0 Å². The quantitative estimate of drug-likeness (QED) is 0.552. The molecule has 3 aliphatic heterocycles. The molecule has 40 heavy (non-hydrogen) atoms. The van der Waals surface area contributed by atoms with Crippen molar-refractivity contribution in [2.24, 2.45) is 0 Å². The first kappa shape index (κ1) is 27.5. The van der Waals surface area contributed by atoms with Gasteiger partial charge in [-0.05, 0) is 61.9 Å². The molecule has 5 rings (SSSR count). The molecule has 0 aliphatic carbocycles. The van der Waals surface area contributed by atoms with E-state index in [1.165, 1.54) is 0 Å². The van der Waals surface area contributed by atoms with Crippen LogP contribution < -0.4 is 24.3 Å². The number of methoxy groups -OCH3 is 4. The number of likely N-dealkylation sites (N-methyl/N-ethyl adjacent to an activating group) is 1. The van der Waals surface area contributed by atoms with Gasteiger partial charge < -0.3 is 34.1 Å². The van der Waals surface area contributed by atoms with Crippen molar-refractivity contribution >= 4 is 17.7 Å². The topological polar surface area (TPSA) is 92.8 Å². The van der Waals surface area contributed by atoms with E-state index in [2.05, 4.69) is 11.4 Å². The molecular weight excluding hydrogens is 512 g/mol. The lowest BCUT2D eigenvalue weighted by Gasteiger charge is -2.44. The van der Waals surface area contributed by atoms with Crippen molar-refractivity contribution in [1.29, 1.82) is 0 Å². The fourth-order valence-corrected chi connectivity index (χ4v) is 6.35. The third-order valence-electron chi connectivity index (χ3n) is 8.38. The van der Waals surface area contributed by atoms with E-state index >= 15 is 0 Å². The van der Waals surface area contributed by atoms with Crippen molar-refractivity contribution in [3.05, 3.63) is 53.2 Å². The van der Waals surface area contributed by atoms with Gasteiger partial charge in [-0.2, -0.15) is 0 Å². The van der Waals surface area contributed by atoms with Crippen LogP contribution in [0.5, 0.6) is 23.0 Å². The van der Waals surface area contributed by atoms with Gasteiger partial charge in [0.1, 0.15) is 23.0 Å². The van der Waals surface area contributed by atoms with Crippen LogP contribution in [0.15, 0.2) is 42.1 Å². The highest BCUT2D eigenvalue weighted by molar-refractivity contribution is 5.91. The average molecular weight is 551 g/mol. The molecule has 3 aliphatic rings. The zero-order valence-electron chi connectivity index (χ0n) is 23.9. The molecule has 214 valence electrons. The molecule has 2 fully saturated rings. The SMILES string of the molecule is CCN1C(=O)N2Cc3cc(OC)cc(OC)c3CC/C=C\2C12CCN(C(=O)Nc1cc(OC)ccc1OC)CC2. The summed E-state index contributed by atoms with van der Waals surface area (Å²) in [6.07, 6.45) is 5.13. The van der Waals surface area contributed by atoms with E-state index in [-0.39, 0.29) is 12.1 Å². The Bertz CT molecular complexity index is 1320. The van der Waals surface area contributed by atoms with Crippen LogP contribution in [0.2, 0.25) is 0 Å². The number of carbonyl (C=O) groups excluding carboxylic acids is 2. The first-order valence-corrected chi connectivity index (χ1v) is 13.7. The molecule has 0 aromatic heterocycles. The Labute approximate surface area is 235 Å². The Hall–Kier alpha value is -4.08. The number of allylic oxidation sites excluding steroid dienone is 1. The van der Waals surface area contributed by atoms with Gasteiger partial charge in [0.05, 0.1) is 46.2 Å². The van der Waals surface area contributed by atoms with Crippen LogP contribution in [0.1, 0.15) is 37.3 Å². The maximum Gasteiger partial charge on any atom is 0.325 e. The van der Waals surface area contributed by atoms with E-state index in [0.29, 0.717) is 62.0 Å². The zero-order chi connectivity index (χ0) is 28.4. The Kier molecular flexibility index (Phi) is 7.69. The molecule has 0 saturated carbocycles. The molecule has 2 saturated heterocycles. The number of hydrogen-bond donors (Lipinski definition) is 1. The molecule has 10 heteroatoms. The smallest absolute Gasteiger partial charge is 0.325 e. The van der Waals surface area contributed by atoms with Crippen molar-refractivity contribution in [1.82, 2.24) is 14.7 Å². The second kappa shape index (κ2) is 11.2. The number of urea groups is 2. The number of piperidine rings is 1. The van der Waals surface area contributed by atoms with E-state index in [4.69, 9.17) is 18.9 Å². The predicted molar refractivity (Wildman–Crippen MR) is 151 cm³/mol. The maximum atomic E-state index is 13.8. The van der Waals surface area contributed by atoms with Gasteiger partial charge in [0.15, 0.2) is 0 Å². The van der Waals surface area contributed by atoms with Crippen LogP contribution in [-0.4, -0.2) is 80.4 Å². The fourth-order valence-electron chi connectivity index (χ4n) is 6.35. The molecule has 0 bridgehead atoms. The first-order chi connectivity index (χ1) is 19.4. The number of amides is 4. The molecule has 1 N–H and O–H groups in total. The number of hydrogen-bond acceptors (Lipinski definition) is 6. The summed E-state index contributed by atoms with van der Waals surface area (Å²) in [6.45, 7) is 4.10. The van der Waals surface area contributed by atoms with Crippen LogP contribution in [0.4, 0.5) is 15.3 Å². The minimum absolute atomic E-state index is 0.00223. The molecule has 0 atom stereocenters. The van der Waals surface area contributed by atoms with Gasteiger partial charge in [-0.3, -0.25) is 4.90 Å². The highest BCUT2D eigenvalue weighted by Crippen LogP contribution is 2.46. The van der Waals surface area contributed by atoms with Crippen LogP contribution in [0.25, 0.3) is 0 Å². The number of likely N-dealkylation sites (tertiary alicyclic amines) is 1. The summed E-state index contributed by atoms with van der Waals surface area (Å²) in [6, 6.07) is 9.01. The highest BCUT2D eigenvalue weighted by Gasteiger charge is 2.54. The largest absolute Gasteiger partial charge is 0.497 e. The van der Waals surface area contributed by atoms with Crippen LogP contribution in [0.3, 0.4) is 0 Å². The number of carbonyl (C=O) groups is 2. The predicted octanol–water partition coefficient (Wildman–Crippen LogP) is 4.88. The van der Waals surface area contributed by atoms with Crippen molar-refractivity contribution in [3.63, 3.8) is 0 Å². The summed E-state index contributed by atoms with van der Waals surface area (Å²) in [5, 5.41) is 2.98. The summed E-state index contributed by atoms with van der Waals surface area (Å²) < 4.78 is 21.9. The van der Waals surface area contributed by atoms with Crippen LogP contribution in [0, 0.1) is 0 Å². The molecule has 0 unspecified atom stereocenters. The van der Waals surface area contributed by atoms with Gasteiger partial charge in [-0.15, -0.1) is 0 Å². The molecule has 4 amide bonds. The lowest BCUT2D eigenvalue weighted by molar-refractivity contribution is 0.106. The van der Waals surface area contributed by atoms with E-state index in [1.54, 1.807) is 51.5 Å². The number of benzene rings is 2. The van der Waals surface area contributed by atoms with Crippen LogP contribution in [-0.2, 0) is 13.0 Å². The average Bonchev–Trinajstić information content (AvgIpc) is 3.16. The maximum absolute atomic E-state index is 13.8. The molecule has 3 heterocycles. The number of nitrogens with one attached hydrogen (secondary N) is 1. The number of fused-ring (bicyclic) bond motifs is 3. The molecular formula is C30H38N4O6. The first-order valence-electron chi connectivity index (χ1n) is 13.7. The Balaban J connectivity index is 1.38. The second-order valence-electron chi connectivity index (χ2n) is 10.2. The summed E-state index contributed by atoms with van der Waals surface area (Å²) in [4.78, 5) is 32.8. The fraction of sp³-hybridized carbons (Fsp3) is 0.467. The van der Waals surface area contributed by atoms with Gasteiger partial charge in [-0.1, -0.05) is 6.08 Å². The normalized spacial score (nSPS) is 19.2. The number of anilines is 1. The second-order valence-corrected chi connectivity index (χ2v) is 10.2. The summed E-state index contributed by atoms with van der Waals surface area (Å²) in [7, 11) is 6.45. The third-order valence-corrected chi connectivity index (χ3v) is 8.38. The van der Waals surface area contributed by atoms with E-state index in [9.17, 15) is 9.59 Å². The van der Waals surface area contributed by atoms with E-state index in [0.717, 1.165) is 35.4 Å². The number of ether oxygens (including phenoxy) is 4. The van der Waals surface area contributed by atoms with Gasteiger partial charge in [0.2, 0.25) is 0 Å². The van der Waals surface area contributed by atoms with Gasteiger partial charge in [-0.25, -0.2) is 9.59 Å². The monoisotopic (exact) mass is 550 g/mol. The third kappa shape index (κ3) is 4.65. The number of rotatable bonds is 6. The molecule has 1 spiro atoms. The summed E-state index contributed by atoms with van der Waals surface area (Å²) in [5.74, 6) is 2.68. The van der Waals surface area contributed by atoms with E-state index < -0.39 is 5.54 Å². The highest BCUT2D eigenvalue weighted by atomic mass is 16.5. The van der Waals surface area contributed by atoms with Gasteiger partial charge in [0.25, 0.3) is 0 Å². The minimum atomic E-state index is -0.448. The van der Waals surface area contributed by atoms with E-state index in [1.807, 2.05) is 28.9 Å². The number of nitrogens with zero attached hydrogens (tertiary/aromatic N) is 3.